The van der Waals surface area contributed by atoms with Crippen LogP contribution in [0, 0.1) is 11.3 Å². The van der Waals surface area contributed by atoms with Crippen molar-refractivity contribution in [3.05, 3.63) is 60.0 Å². The number of fused-ring (bicyclic) bond motifs is 1. The summed E-state index contributed by atoms with van der Waals surface area (Å²) >= 11 is 0. The van der Waals surface area contributed by atoms with Crippen LogP contribution < -0.4 is 15.4 Å². The molecule has 2 N–H and O–H groups in total. The fraction of sp³-hybridized carbons (Fsp3) is 0.360. The fourth-order valence-corrected chi connectivity index (χ4v) is 3.71. The molecule has 0 spiro atoms. The van der Waals surface area contributed by atoms with E-state index in [1.807, 2.05) is 36.5 Å². The highest BCUT2D eigenvalue weighted by molar-refractivity contribution is 5.75. The number of nitrogens with one attached hydrogen (secondary N) is 2. The lowest BCUT2D eigenvalue weighted by atomic mass is 10.00. The van der Waals surface area contributed by atoms with Crippen molar-refractivity contribution in [3.8, 4) is 23.1 Å². The highest BCUT2D eigenvalue weighted by Gasteiger charge is 2.21. The molecule has 2 aromatic heterocycles. The minimum atomic E-state index is -0.0289. The Bertz CT molecular complexity index is 1180. The summed E-state index contributed by atoms with van der Waals surface area (Å²) in [6.07, 6.45) is 5.31. The van der Waals surface area contributed by atoms with Crippen LogP contribution in [0.3, 0.4) is 0 Å². The zero-order valence-electron chi connectivity index (χ0n) is 19.7. The van der Waals surface area contributed by atoms with Crippen molar-refractivity contribution in [2.24, 2.45) is 0 Å². The molecule has 0 saturated heterocycles. The molecule has 3 heterocycles. The maximum absolute atomic E-state index is 11.9. The van der Waals surface area contributed by atoms with E-state index in [4.69, 9.17) is 10.00 Å². The lowest BCUT2D eigenvalue weighted by Gasteiger charge is -2.27. The van der Waals surface area contributed by atoms with Gasteiger partial charge in [0.1, 0.15) is 12.6 Å². The number of aromatic nitrogens is 3. The summed E-state index contributed by atoms with van der Waals surface area (Å²) < 4.78 is 7.71. The molecule has 34 heavy (non-hydrogen) atoms. The standard InChI is InChI=1S/C25H29N7O2/c1-17(19-6-4-18(9-26)5-7-19)10-27-13-22-14-28-23-8-20(11-29-25(23)34-22)21-12-30-32(15-21)16-24(33)31(2)3/h4-8,11-12,15,17,22,27-28H,10,13-14,16H2,1-3H3. The minimum Gasteiger partial charge on any atom is -0.470 e. The largest absolute Gasteiger partial charge is 0.470 e. The van der Waals surface area contributed by atoms with Gasteiger partial charge in [-0.15, -0.1) is 0 Å². The van der Waals surface area contributed by atoms with Gasteiger partial charge in [0.2, 0.25) is 11.8 Å². The van der Waals surface area contributed by atoms with Crippen LogP contribution in [0.2, 0.25) is 0 Å². The Balaban J connectivity index is 1.30. The van der Waals surface area contributed by atoms with Gasteiger partial charge in [-0.2, -0.15) is 10.4 Å². The number of anilines is 1. The molecular formula is C25H29N7O2. The second-order valence-corrected chi connectivity index (χ2v) is 8.71. The Morgan fingerprint density at radius 3 is 2.85 bits per heavy atom. The number of rotatable bonds is 8. The van der Waals surface area contributed by atoms with Crippen molar-refractivity contribution >= 4 is 11.6 Å². The maximum atomic E-state index is 11.9. The van der Waals surface area contributed by atoms with Gasteiger partial charge < -0.3 is 20.3 Å². The van der Waals surface area contributed by atoms with E-state index >= 15 is 0 Å². The van der Waals surface area contributed by atoms with Crippen LogP contribution in [0.25, 0.3) is 11.1 Å². The third kappa shape index (κ3) is 5.53. The summed E-state index contributed by atoms with van der Waals surface area (Å²) in [6, 6.07) is 11.9. The van der Waals surface area contributed by atoms with E-state index in [2.05, 4.69) is 33.7 Å². The van der Waals surface area contributed by atoms with E-state index < -0.39 is 0 Å². The molecule has 0 fully saturated rings. The number of carbonyl (C=O) groups is 1. The van der Waals surface area contributed by atoms with Crippen LogP contribution in [0.15, 0.2) is 48.9 Å². The van der Waals surface area contributed by atoms with Gasteiger partial charge in [0.15, 0.2) is 0 Å². The van der Waals surface area contributed by atoms with Crippen LogP contribution in [-0.2, 0) is 11.3 Å². The second kappa shape index (κ2) is 10.4. The van der Waals surface area contributed by atoms with E-state index in [-0.39, 0.29) is 18.6 Å². The molecule has 176 valence electrons. The predicted molar refractivity (Wildman–Crippen MR) is 129 cm³/mol. The summed E-state index contributed by atoms with van der Waals surface area (Å²) in [6.45, 7) is 4.54. The SMILES string of the molecule is CC(CNCC1CNc2cc(-c3cnn(CC(=O)N(C)C)c3)cnc2O1)c1ccc(C#N)cc1. The summed E-state index contributed by atoms with van der Waals surface area (Å²) in [7, 11) is 3.45. The quantitative estimate of drug-likeness (QED) is 0.533. The zero-order chi connectivity index (χ0) is 24.1. The normalized spacial score (nSPS) is 15.4. The number of likely N-dealkylation sites (N-methyl/N-ethyl adjacent to an activating group) is 1. The van der Waals surface area contributed by atoms with Crippen LogP contribution in [0.4, 0.5) is 5.69 Å². The third-order valence-corrected chi connectivity index (χ3v) is 5.84. The summed E-state index contributed by atoms with van der Waals surface area (Å²) in [4.78, 5) is 17.9. The molecule has 1 aromatic carbocycles. The van der Waals surface area contributed by atoms with Gasteiger partial charge in [0.25, 0.3) is 0 Å². The van der Waals surface area contributed by atoms with Crippen LogP contribution in [0.5, 0.6) is 5.88 Å². The molecule has 2 atom stereocenters. The molecule has 1 aliphatic heterocycles. The van der Waals surface area contributed by atoms with E-state index in [0.29, 0.717) is 30.5 Å². The van der Waals surface area contributed by atoms with Gasteiger partial charge in [0, 0.05) is 50.7 Å². The molecule has 9 heteroatoms. The van der Waals surface area contributed by atoms with Crippen molar-refractivity contribution in [1.29, 1.82) is 5.26 Å². The van der Waals surface area contributed by atoms with E-state index in [1.165, 1.54) is 5.56 Å². The Morgan fingerprint density at radius 2 is 2.12 bits per heavy atom. The molecule has 2 unspecified atom stereocenters. The van der Waals surface area contributed by atoms with Crippen molar-refractivity contribution in [2.45, 2.75) is 25.5 Å². The summed E-state index contributed by atoms with van der Waals surface area (Å²) in [5, 5.41) is 20.1. The first-order valence-corrected chi connectivity index (χ1v) is 11.3. The van der Waals surface area contributed by atoms with Crippen LogP contribution in [-0.4, -0.2) is 65.4 Å². The first-order chi connectivity index (χ1) is 16.4. The number of amides is 1. The summed E-state index contributed by atoms with van der Waals surface area (Å²) in [5.41, 5.74) is 4.52. The number of benzene rings is 1. The molecular weight excluding hydrogens is 430 g/mol. The average Bonchev–Trinajstić information content (AvgIpc) is 3.32. The van der Waals surface area contributed by atoms with Gasteiger partial charge in [-0.3, -0.25) is 9.48 Å². The number of nitrogens with zero attached hydrogens (tertiary/aromatic N) is 5. The number of nitriles is 1. The highest BCUT2D eigenvalue weighted by atomic mass is 16.5. The topological polar surface area (TPSA) is 108 Å². The smallest absolute Gasteiger partial charge is 0.243 e. The van der Waals surface area contributed by atoms with Crippen LogP contribution >= 0.6 is 0 Å². The number of pyridine rings is 1. The molecule has 3 aromatic rings. The number of ether oxygens (including phenoxy) is 1. The first kappa shape index (κ1) is 23.3. The van der Waals surface area contributed by atoms with Crippen molar-refractivity contribution in [1.82, 2.24) is 25.0 Å². The van der Waals surface area contributed by atoms with Gasteiger partial charge in [-0.1, -0.05) is 19.1 Å². The molecule has 1 amide bonds. The second-order valence-electron chi connectivity index (χ2n) is 8.71. The molecule has 0 aliphatic carbocycles. The van der Waals surface area contributed by atoms with Crippen molar-refractivity contribution in [3.63, 3.8) is 0 Å². The first-order valence-electron chi connectivity index (χ1n) is 11.3. The van der Waals surface area contributed by atoms with Gasteiger partial charge >= 0.3 is 0 Å². The Morgan fingerprint density at radius 1 is 1.32 bits per heavy atom. The van der Waals surface area contributed by atoms with Gasteiger partial charge in [-0.25, -0.2) is 4.98 Å². The number of carbonyl (C=O) groups excluding carboxylic acids is 1. The predicted octanol–water partition coefficient (Wildman–Crippen LogP) is 2.47. The highest BCUT2D eigenvalue weighted by Crippen LogP contribution is 2.31. The lowest BCUT2D eigenvalue weighted by molar-refractivity contribution is -0.129. The Labute approximate surface area is 199 Å². The number of hydrogen-bond donors (Lipinski definition) is 2. The average molecular weight is 460 g/mol. The Kier molecular flexibility index (Phi) is 7.09. The molecule has 4 rings (SSSR count). The molecule has 0 radical (unpaired) electrons. The third-order valence-electron chi connectivity index (χ3n) is 5.84. The fourth-order valence-electron chi connectivity index (χ4n) is 3.71. The molecule has 0 bridgehead atoms. The van der Waals surface area contributed by atoms with Gasteiger partial charge in [0.05, 0.1) is 30.1 Å². The number of hydrogen-bond acceptors (Lipinski definition) is 7. The van der Waals surface area contributed by atoms with E-state index in [1.54, 1.807) is 36.1 Å². The van der Waals surface area contributed by atoms with E-state index in [9.17, 15) is 4.79 Å². The lowest BCUT2D eigenvalue weighted by Crippen LogP contribution is -2.40. The summed E-state index contributed by atoms with van der Waals surface area (Å²) in [5.74, 6) is 0.891. The van der Waals surface area contributed by atoms with Crippen molar-refractivity contribution in [2.75, 3.05) is 39.0 Å². The molecule has 1 aliphatic rings. The zero-order valence-corrected chi connectivity index (χ0v) is 19.7. The van der Waals surface area contributed by atoms with E-state index in [0.717, 1.165) is 23.4 Å². The maximum Gasteiger partial charge on any atom is 0.243 e. The Hall–Kier alpha value is -3.90. The van der Waals surface area contributed by atoms with Gasteiger partial charge in [-0.05, 0) is 29.7 Å². The minimum absolute atomic E-state index is 0.0146. The van der Waals surface area contributed by atoms with Crippen molar-refractivity contribution < 1.29 is 9.53 Å². The molecule has 9 nitrogen and oxygen atoms in total. The molecule has 0 saturated carbocycles. The monoisotopic (exact) mass is 459 g/mol. The van der Waals surface area contributed by atoms with Crippen LogP contribution in [0.1, 0.15) is 24.0 Å².